The van der Waals surface area contributed by atoms with E-state index in [-0.39, 0.29) is 5.69 Å². The van der Waals surface area contributed by atoms with Gasteiger partial charge < -0.3 is 4.42 Å². The van der Waals surface area contributed by atoms with Crippen LogP contribution in [0, 0.1) is 6.92 Å². The van der Waals surface area contributed by atoms with E-state index in [1.165, 1.54) is 9.08 Å². The molecule has 0 amide bonds. The summed E-state index contributed by atoms with van der Waals surface area (Å²) in [7, 11) is 0. The van der Waals surface area contributed by atoms with Crippen LogP contribution in [0.4, 0.5) is 0 Å². The number of nitrogens with zero attached hydrogens (tertiary/aromatic N) is 4. The van der Waals surface area contributed by atoms with E-state index in [4.69, 9.17) is 4.42 Å². The molecule has 4 heterocycles. The summed E-state index contributed by atoms with van der Waals surface area (Å²) < 4.78 is 8.61. The van der Waals surface area contributed by atoms with Gasteiger partial charge in [0.1, 0.15) is 11.5 Å². The molecule has 0 radical (unpaired) electrons. The molecule has 0 N–H and O–H groups in total. The largest absolute Gasteiger partial charge is 0.440 e. The van der Waals surface area contributed by atoms with E-state index in [2.05, 4.69) is 10.1 Å². The molecule has 4 aromatic rings. The van der Waals surface area contributed by atoms with E-state index in [0.717, 1.165) is 4.88 Å². The molecule has 0 aromatic carbocycles. The Labute approximate surface area is 129 Å². The predicted octanol–water partition coefficient (Wildman–Crippen LogP) is 2.57. The molecule has 0 aliphatic carbocycles. The highest BCUT2D eigenvalue weighted by Crippen LogP contribution is 2.26. The third kappa shape index (κ3) is 2.06. The summed E-state index contributed by atoms with van der Waals surface area (Å²) in [6, 6.07) is 9.35. The third-order valence-corrected chi connectivity index (χ3v) is 4.27. The first-order valence-electron chi connectivity index (χ1n) is 6.77. The Hall–Kier alpha value is -2.67. The molecule has 22 heavy (non-hydrogen) atoms. The number of hydrogen-bond donors (Lipinski definition) is 0. The molecule has 4 rings (SSSR count). The Balaban J connectivity index is 1.74. The molecule has 4 aromatic heterocycles. The number of thiophene rings is 1. The molecule has 7 heteroatoms. The summed E-state index contributed by atoms with van der Waals surface area (Å²) in [5, 5.41) is 6.28. The standard InChI is InChI=1S/C15H12N4O2S/c1-10-11(16-14(21-10)12-5-4-8-22-12)9-19-15(20)18-7-3-2-6-13(18)17-19/h2-8H,9H2,1H3. The van der Waals surface area contributed by atoms with Crippen LogP contribution in [0.1, 0.15) is 11.5 Å². The summed E-state index contributed by atoms with van der Waals surface area (Å²) in [5.41, 5.74) is 1.15. The zero-order valence-electron chi connectivity index (χ0n) is 11.8. The molecule has 0 aliphatic heterocycles. The molecule has 0 spiro atoms. The normalized spacial score (nSPS) is 11.3. The highest BCUT2D eigenvalue weighted by molar-refractivity contribution is 7.13. The molecule has 0 atom stereocenters. The average molecular weight is 312 g/mol. The molecule has 0 bridgehead atoms. The Morgan fingerprint density at radius 1 is 1.27 bits per heavy atom. The van der Waals surface area contributed by atoms with Gasteiger partial charge in [-0.2, -0.15) is 0 Å². The quantitative estimate of drug-likeness (QED) is 0.583. The Bertz CT molecular complexity index is 994. The predicted molar refractivity (Wildman–Crippen MR) is 83.1 cm³/mol. The Morgan fingerprint density at radius 3 is 2.95 bits per heavy atom. The van der Waals surface area contributed by atoms with Crippen molar-refractivity contribution >= 4 is 17.0 Å². The molecule has 0 fully saturated rings. The molecular formula is C15H12N4O2S. The van der Waals surface area contributed by atoms with Crippen molar-refractivity contribution < 1.29 is 4.42 Å². The fourth-order valence-corrected chi connectivity index (χ4v) is 2.94. The maximum atomic E-state index is 12.3. The van der Waals surface area contributed by atoms with Crippen LogP contribution in [0.25, 0.3) is 16.4 Å². The van der Waals surface area contributed by atoms with Crippen LogP contribution in [0.5, 0.6) is 0 Å². The van der Waals surface area contributed by atoms with Gasteiger partial charge in [0.15, 0.2) is 5.65 Å². The summed E-state index contributed by atoms with van der Waals surface area (Å²) in [4.78, 5) is 17.7. The van der Waals surface area contributed by atoms with Crippen LogP contribution in [0.3, 0.4) is 0 Å². The van der Waals surface area contributed by atoms with Gasteiger partial charge in [-0.05, 0) is 30.5 Å². The van der Waals surface area contributed by atoms with Gasteiger partial charge in [-0.25, -0.2) is 14.5 Å². The summed E-state index contributed by atoms with van der Waals surface area (Å²) in [6.45, 7) is 2.14. The van der Waals surface area contributed by atoms with Crippen LogP contribution in [0.15, 0.2) is 51.1 Å². The highest BCUT2D eigenvalue weighted by Gasteiger charge is 2.15. The van der Waals surface area contributed by atoms with E-state index in [9.17, 15) is 4.79 Å². The van der Waals surface area contributed by atoms with Crippen molar-refractivity contribution in [2.75, 3.05) is 0 Å². The number of aromatic nitrogens is 4. The van der Waals surface area contributed by atoms with Crippen molar-refractivity contribution in [1.82, 2.24) is 19.2 Å². The zero-order valence-corrected chi connectivity index (χ0v) is 12.6. The number of rotatable bonds is 3. The molecule has 110 valence electrons. The minimum Gasteiger partial charge on any atom is -0.440 e. The number of hydrogen-bond acceptors (Lipinski definition) is 5. The van der Waals surface area contributed by atoms with Crippen molar-refractivity contribution in [2.45, 2.75) is 13.5 Å². The van der Waals surface area contributed by atoms with Crippen molar-refractivity contribution in [2.24, 2.45) is 0 Å². The SMILES string of the molecule is Cc1oc(-c2cccs2)nc1Cn1nc2ccccn2c1=O. The lowest BCUT2D eigenvalue weighted by atomic mass is 10.4. The zero-order chi connectivity index (χ0) is 15.1. The van der Waals surface area contributed by atoms with Gasteiger partial charge in [0, 0.05) is 6.20 Å². The molecule has 0 unspecified atom stereocenters. The van der Waals surface area contributed by atoms with Crippen LogP contribution in [0.2, 0.25) is 0 Å². The highest BCUT2D eigenvalue weighted by atomic mass is 32.1. The van der Waals surface area contributed by atoms with E-state index < -0.39 is 0 Å². The van der Waals surface area contributed by atoms with Gasteiger partial charge in [-0.1, -0.05) is 12.1 Å². The Kier molecular flexibility index (Phi) is 2.93. The van der Waals surface area contributed by atoms with E-state index in [0.29, 0.717) is 29.5 Å². The van der Waals surface area contributed by atoms with Gasteiger partial charge >= 0.3 is 5.69 Å². The molecule has 0 saturated carbocycles. The molecule has 6 nitrogen and oxygen atoms in total. The first kappa shape index (κ1) is 13.0. The average Bonchev–Trinajstić information content (AvgIpc) is 3.22. The first-order valence-corrected chi connectivity index (χ1v) is 7.65. The van der Waals surface area contributed by atoms with Crippen LogP contribution >= 0.6 is 11.3 Å². The van der Waals surface area contributed by atoms with Crippen LogP contribution in [-0.4, -0.2) is 19.2 Å². The van der Waals surface area contributed by atoms with E-state index in [1.807, 2.05) is 30.5 Å². The third-order valence-electron chi connectivity index (χ3n) is 3.41. The second kappa shape index (κ2) is 4.96. The van der Waals surface area contributed by atoms with E-state index in [1.54, 1.807) is 29.7 Å². The minimum atomic E-state index is -0.185. The first-order chi connectivity index (χ1) is 10.7. The number of fused-ring (bicyclic) bond motifs is 1. The lowest BCUT2D eigenvalue weighted by molar-refractivity contribution is 0.536. The minimum absolute atomic E-state index is 0.185. The molecule has 0 aliphatic rings. The second-order valence-corrected chi connectivity index (χ2v) is 5.82. The smallest absolute Gasteiger partial charge is 0.350 e. The molecular weight excluding hydrogens is 300 g/mol. The molecule has 0 saturated heterocycles. The van der Waals surface area contributed by atoms with Crippen LogP contribution in [-0.2, 0) is 6.54 Å². The lowest BCUT2D eigenvalue weighted by Gasteiger charge is -1.95. The van der Waals surface area contributed by atoms with Crippen molar-refractivity contribution in [3.63, 3.8) is 0 Å². The monoisotopic (exact) mass is 312 g/mol. The maximum Gasteiger partial charge on any atom is 0.350 e. The van der Waals surface area contributed by atoms with E-state index >= 15 is 0 Å². The maximum absolute atomic E-state index is 12.3. The van der Waals surface area contributed by atoms with Crippen LogP contribution < -0.4 is 5.69 Å². The van der Waals surface area contributed by atoms with Gasteiger partial charge in [-0.3, -0.25) is 4.40 Å². The summed E-state index contributed by atoms with van der Waals surface area (Å²) in [6.07, 6.45) is 1.70. The summed E-state index contributed by atoms with van der Waals surface area (Å²) in [5.74, 6) is 1.28. The van der Waals surface area contributed by atoms with Gasteiger partial charge in [0.2, 0.25) is 5.89 Å². The second-order valence-electron chi connectivity index (χ2n) is 4.87. The van der Waals surface area contributed by atoms with Crippen molar-refractivity contribution in [1.29, 1.82) is 0 Å². The number of oxazole rings is 1. The van der Waals surface area contributed by atoms with Crippen molar-refractivity contribution in [3.8, 4) is 10.8 Å². The van der Waals surface area contributed by atoms with Gasteiger partial charge in [0.25, 0.3) is 0 Å². The fraction of sp³-hybridized carbons (Fsp3) is 0.133. The van der Waals surface area contributed by atoms with Crippen molar-refractivity contribution in [3.05, 3.63) is 63.8 Å². The lowest BCUT2D eigenvalue weighted by Crippen LogP contribution is -2.22. The van der Waals surface area contributed by atoms with Gasteiger partial charge in [0.05, 0.1) is 11.4 Å². The topological polar surface area (TPSA) is 65.3 Å². The fourth-order valence-electron chi connectivity index (χ4n) is 2.29. The number of aryl methyl sites for hydroxylation is 1. The van der Waals surface area contributed by atoms with Gasteiger partial charge in [-0.15, -0.1) is 16.4 Å². The summed E-state index contributed by atoms with van der Waals surface area (Å²) >= 11 is 1.57. The number of pyridine rings is 1. The Morgan fingerprint density at radius 2 is 2.18 bits per heavy atom.